The number of hydrogen-bond donors (Lipinski definition) is 0. The maximum absolute atomic E-state index is 11.6. The summed E-state index contributed by atoms with van der Waals surface area (Å²) in [5.74, 6) is 0.849. The number of nitrogens with zero attached hydrogens (tertiary/aromatic N) is 1. The van der Waals surface area contributed by atoms with E-state index in [9.17, 15) is 4.79 Å². The Labute approximate surface area is 108 Å². The molecule has 1 atom stereocenters. The van der Waals surface area contributed by atoms with Crippen molar-refractivity contribution in [1.29, 1.82) is 0 Å². The highest BCUT2D eigenvalue weighted by molar-refractivity contribution is 5.67. The molecule has 100 valence electrons. The van der Waals surface area contributed by atoms with Crippen LogP contribution in [-0.4, -0.2) is 37.8 Å². The van der Waals surface area contributed by atoms with E-state index in [1.165, 1.54) is 0 Å². The Kier molecular flexibility index (Phi) is 5.49. The van der Waals surface area contributed by atoms with Crippen molar-refractivity contribution in [1.82, 2.24) is 4.90 Å². The third-order valence-electron chi connectivity index (χ3n) is 2.92. The summed E-state index contributed by atoms with van der Waals surface area (Å²) in [6.45, 7) is 4.19. The van der Waals surface area contributed by atoms with Gasteiger partial charge in [0.25, 0.3) is 0 Å². The van der Waals surface area contributed by atoms with E-state index in [1.54, 1.807) is 26.0 Å². The average molecular weight is 251 g/mol. The van der Waals surface area contributed by atoms with Gasteiger partial charge in [-0.25, -0.2) is 4.79 Å². The molecule has 0 spiro atoms. The van der Waals surface area contributed by atoms with Gasteiger partial charge in [-0.1, -0.05) is 18.2 Å². The Morgan fingerprint density at radius 1 is 1.39 bits per heavy atom. The number of benzene rings is 1. The van der Waals surface area contributed by atoms with Gasteiger partial charge >= 0.3 is 6.09 Å². The van der Waals surface area contributed by atoms with Crippen LogP contribution in [0.25, 0.3) is 0 Å². The van der Waals surface area contributed by atoms with Crippen LogP contribution in [0.5, 0.6) is 5.75 Å². The van der Waals surface area contributed by atoms with Gasteiger partial charge < -0.3 is 14.4 Å². The molecule has 0 radical (unpaired) electrons. The first-order valence-corrected chi connectivity index (χ1v) is 6.11. The van der Waals surface area contributed by atoms with E-state index in [1.807, 2.05) is 31.2 Å². The van der Waals surface area contributed by atoms with Gasteiger partial charge in [-0.3, -0.25) is 0 Å². The first-order chi connectivity index (χ1) is 8.60. The summed E-state index contributed by atoms with van der Waals surface area (Å²) in [5, 5.41) is 0. The predicted molar refractivity (Wildman–Crippen MR) is 70.9 cm³/mol. The van der Waals surface area contributed by atoms with Crippen LogP contribution in [0.15, 0.2) is 24.3 Å². The number of ether oxygens (including phenoxy) is 2. The first kappa shape index (κ1) is 14.4. The van der Waals surface area contributed by atoms with Gasteiger partial charge in [0.15, 0.2) is 0 Å². The molecular weight excluding hydrogens is 230 g/mol. The lowest BCUT2D eigenvalue weighted by Gasteiger charge is -2.24. The van der Waals surface area contributed by atoms with Gasteiger partial charge in [0.2, 0.25) is 0 Å². The molecule has 0 saturated carbocycles. The largest absolute Gasteiger partial charge is 0.496 e. The topological polar surface area (TPSA) is 38.8 Å². The molecule has 4 nitrogen and oxygen atoms in total. The van der Waals surface area contributed by atoms with Gasteiger partial charge in [-0.2, -0.15) is 0 Å². The summed E-state index contributed by atoms with van der Waals surface area (Å²) >= 11 is 0. The van der Waals surface area contributed by atoms with E-state index >= 15 is 0 Å². The van der Waals surface area contributed by atoms with Crippen LogP contribution >= 0.6 is 0 Å². The fourth-order valence-corrected chi connectivity index (χ4v) is 1.73. The summed E-state index contributed by atoms with van der Waals surface area (Å²) in [4.78, 5) is 13.2. The van der Waals surface area contributed by atoms with Crippen molar-refractivity contribution >= 4 is 6.09 Å². The van der Waals surface area contributed by atoms with Gasteiger partial charge in [-0.15, -0.1) is 0 Å². The fourth-order valence-electron chi connectivity index (χ4n) is 1.73. The second kappa shape index (κ2) is 6.89. The van der Waals surface area contributed by atoms with E-state index in [0.717, 1.165) is 17.7 Å². The Hall–Kier alpha value is -1.71. The van der Waals surface area contributed by atoms with Crippen LogP contribution in [0, 0.1) is 0 Å². The summed E-state index contributed by atoms with van der Waals surface area (Å²) < 4.78 is 10.3. The van der Waals surface area contributed by atoms with Gasteiger partial charge in [0.05, 0.1) is 13.7 Å². The molecule has 18 heavy (non-hydrogen) atoms. The van der Waals surface area contributed by atoms with E-state index in [0.29, 0.717) is 6.61 Å². The van der Waals surface area contributed by atoms with Crippen LogP contribution < -0.4 is 4.74 Å². The Morgan fingerprint density at radius 3 is 2.67 bits per heavy atom. The Balaban J connectivity index is 2.69. The number of rotatable bonds is 5. The van der Waals surface area contributed by atoms with Crippen molar-refractivity contribution in [3.63, 3.8) is 0 Å². The van der Waals surface area contributed by atoms with Crippen LogP contribution in [-0.2, 0) is 11.2 Å². The minimum Gasteiger partial charge on any atom is -0.496 e. The molecule has 1 unspecified atom stereocenters. The van der Waals surface area contributed by atoms with Gasteiger partial charge in [0, 0.05) is 13.1 Å². The summed E-state index contributed by atoms with van der Waals surface area (Å²) in [6, 6.07) is 7.89. The number of methoxy groups -OCH3 is 1. The first-order valence-electron chi connectivity index (χ1n) is 6.11. The highest BCUT2D eigenvalue weighted by Gasteiger charge is 2.18. The van der Waals surface area contributed by atoms with Crippen LogP contribution in [0.2, 0.25) is 0 Å². The number of likely N-dealkylation sites (N-methyl/N-ethyl adjacent to an activating group) is 1. The van der Waals surface area contributed by atoms with E-state index in [2.05, 4.69) is 0 Å². The standard InChI is InChI=1S/C14H21NO3/c1-5-18-14(16)15(3)11(2)10-12-8-6-7-9-13(12)17-4/h6-9,11H,5,10H2,1-4H3. The van der Waals surface area contributed by atoms with Crippen molar-refractivity contribution in [2.24, 2.45) is 0 Å². The quantitative estimate of drug-likeness (QED) is 0.807. The monoisotopic (exact) mass is 251 g/mol. The molecule has 0 heterocycles. The molecule has 0 bridgehead atoms. The minimum absolute atomic E-state index is 0.0559. The van der Waals surface area contributed by atoms with Gasteiger partial charge in [0.1, 0.15) is 5.75 Å². The zero-order valence-electron chi connectivity index (χ0n) is 11.5. The zero-order valence-corrected chi connectivity index (χ0v) is 11.5. The van der Waals surface area contributed by atoms with Crippen LogP contribution in [0.1, 0.15) is 19.4 Å². The Morgan fingerprint density at radius 2 is 2.06 bits per heavy atom. The van der Waals surface area contributed by atoms with Crippen LogP contribution in [0.3, 0.4) is 0 Å². The molecule has 0 aliphatic rings. The molecule has 0 fully saturated rings. The van der Waals surface area contributed by atoms with Crippen molar-refractivity contribution in [2.75, 3.05) is 20.8 Å². The molecule has 1 amide bonds. The van der Waals surface area contributed by atoms with Crippen LogP contribution in [0.4, 0.5) is 4.79 Å². The summed E-state index contributed by atoms with van der Waals surface area (Å²) in [6.07, 6.45) is 0.444. The van der Waals surface area contributed by atoms with E-state index in [-0.39, 0.29) is 12.1 Å². The van der Waals surface area contributed by atoms with Crippen molar-refractivity contribution in [3.8, 4) is 5.75 Å². The smallest absolute Gasteiger partial charge is 0.409 e. The third kappa shape index (κ3) is 3.65. The molecule has 0 aliphatic heterocycles. The lowest BCUT2D eigenvalue weighted by Crippen LogP contribution is -2.36. The minimum atomic E-state index is -0.292. The van der Waals surface area contributed by atoms with Crippen molar-refractivity contribution in [3.05, 3.63) is 29.8 Å². The lowest BCUT2D eigenvalue weighted by atomic mass is 10.1. The van der Waals surface area contributed by atoms with Gasteiger partial charge in [-0.05, 0) is 31.9 Å². The molecular formula is C14H21NO3. The second-order valence-corrected chi connectivity index (χ2v) is 4.17. The third-order valence-corrected chi connectivity index (χ3v) is 2.92. The van der Waals surface area contributed by atoms with Crippen molar-refractivity contribution in [2.45, 2.75) is 26.3 Å². The number of carbonyl (C=O) groups excluding carboxylic acids is 1. The molecule has 0 N–H and O–H groups in total. The lowest BCUT2D eigenvalue weighted by molar-refractivity contribution is 0.104. The average Bonchev–Trinajstić information content (AvgIpc) is 2.38. The molecule has 0 aromatic heterocycles. The summed E-state index contributed by atoms with van der Waals surface area (Å²) in [7, 11) is 3.40. The predicted octanol–water partition coefficient (Wildman–Crippen LogP) is 2.71. The normalized spacial score (nSPS) is 11.8. The Bertz CT molecular complexity index is 392. The zero-order chi connectivity index (χ0) is 13.5. The maximum atomic E-state index is 11.6. The summed E-state index contributed by atoms with van der Waals surface area (Å²) in [5.41, 5.74) is 1.09. The second-order valence-electron chi connectivity index (χ2n) is 4.17. The number of hydrogen-bond acceptors (Lipinski definition) is 3. The molecule has 1 aromatic carbocycles. The highest BCUT2D eigenvalue weighted by Crippen LogP contribution is 2.20. The number of amides is 1. The fraction of sp³-hybridized carbons (Fsp3) is 0.500. The SMILES string of the molecule is CCOC(=O)N(C)C(C)Cc1ccccc1OC. The number of para-hydroxylation sites is 1. The molecule has 0 aliphatic carbocycles. The number of carbonyl (C=O) groups is 1. The molecule has 0 saturated heterocycles. The molecule has 1 aromatic rings. The highest BCUT2D eigenvalue weighted by atomic mass is 16.6. The maximum Gasteiger partial charge on any atom is 0.409 e. The molecule has 4 heteroatoms. The van der Waals surface area contributed by atoms with E-state index in [4.69, 9.17) is 9.47 Å². The van der Waals surface area contributed by atoms with E-state index < -0.39 is 0 Å². The van der Waals surface area contributed by atoms with Crippen molar-refractivity contribution < 1.29 is 14.3 Å². The molecule has 1 rings (SSSR count).